The molecule has 6 nitrogen and oxygen atoms in total. The van der Waals surface area contributed by atoms with E-state index >= 15 is 0 Å². The van der Waals surface area contributed by atoms with Gasteiger partial charge < -0.3 is 20.3 Å². The van der Waals surface area contributed by atoms with Crippen LogP contribution in [0, 0.1) is 5.92 Å². The van der Waals surface area contributed by atoms with Crippen molar-refractivity contribution in [3.8, 4) is 0 Å². The number of nitrogens with one attached hydrogen (secondary N) is 1. The van der Waals surface area contributed by atoms with Gasteiger partial charge in [0.15, 0.2) is 0 Å². The lowest BCUT2D eigenvalue weighted by molar-refractivity contribution is -0.147. The number of alkyl carbamates (subject to hydrolysis) is 1. The van der Waals surface area contributed by atoms with Crippen molar-refractivity contribution in [2.24, 2.45) is 5.92 Å². The van der Waals surface area contributed by atoms with Crippen LogP contribution in [0.15, 0.2) is 0 Å². The topological polar surface area (TPSA) is 95.9 Å². The summed E-state index contributed by atoms with van der Waals surface area (Å²) in [5.41, 5.74) is -2.22. The number of hydrogen-bond acceptors (Lipinski definition) is 4. The number of carbonyl (C=O) groups is 2. The molecule has 1 amide bonds. The Balaban J connectivity index is 5.00. The van der Waals surface area contributed by atoms with Gasteiger partial charge in [-0.2, -0.15) is 0 Å². The summed E-state index contributed by atoms with van der Waals surface area (Å²) in [7, 11) is 0. The molecule has 0 saturated heterocycles. The van der Waals surface area contributed by atoms with Crippen LogP contribution >= 0.6 is 0 Å². The number of hydrogen-bond donors (Lipinski definition) is 3. The quantitative estimate of drug-likeness (QED) is 0.694. The van der Waals surface area contributed by atoms with Gasteiger partial charge in [0.25, 0.3) is 0 Å². The summed E-state index contributed by atoms with van der Waals surface area (Å²) in [5.74, 6) is -1.56. The van der Waals surface area contributed by atoms with E-state index in [0.717, 1.165) is 0 Å². The molecule has 18 heavy (non-hydrogen) atoms. The van der Waals surface area contributed by atoms with Crippen LogP contribution in [0.5, 0.6) is 0 Å². The number of aliphatic carboxylic acids is 1. The monoisotopic (exact) mass is 261 g/mol. The van der Waals surface area contributed by atoms with Gasteiger partial charge >= 0.3 is 12.1 Å². The maximum absolute atomic E-state index is 11.7. The Morgan fingerprint density at radius 3 is 2.06 bits per heavy atom. The molecule has 0 bridgehead atoms. The van der Waals surface area contributed by atoms with E-state index in [-0.39, 0.29) is 18.9 Å². The van der Waals surface area contributed by atoms with Crippen LogP contribution in [0.4, 0.5) is 4.79 Å². The highest BCUT2D eigenvalue weighted by Crippen LogP contribution is 2.22. The first kappa shape index (κ1) is 16.7. The smallest absolute Gasteiger partial charge is 0.408 e. The van der Waals surface area contributed by atoms with E-state index in [1.165, 1.54) is 0 Å². The second kappa shape index (κ2) is 6.04. The summed E-state index contributed by atoms with van der Waals surface area (Å²) >= 11 is 0. The van der Waals surface area contributed by atoms with E-state index in [1.807, 2.05) is 0 Å². The molecule has 6 heteroatoms. The number of rotatable bonds is 5. The van der Waals surface area contributed by atoms with E-state index in [2.05, 4.69) is 5.32 Å². The van der Waals surface area contributed by atoms with Crippen LogP contribution in [-0.2, 0) is 9.53 Å². The lowest BCUT2D eigenvalue weighted by Gasteiger charge is -2.34. The van der Waals surface area contributed by atoms with Crippen LogP contribution in [0.2, 0.25) is 0 Å². The highest BCUT2D eigenvalue weighted by atomic mass is 16.6. The third-order valence-corrected chi connectivity index (χ3v) is 2.60. The summed E-state index contributed by atoms with van der Waals surface area (Å²) in [6.45, 7) is 8.08. The van der Waals surface area contributed by atoms with Gasteiger partial charge in [0.2, 0.25) is 0 Å². The van der Waals surface area contributed by atoms with Crippen molar-refractivity contribution >= 4 is 12.1 Å². The number of amides is 1. The van der Waals surface area contributed by atoms with Gasteiger partial charge in [0.1, 0.15) is 11.1 Å². The summed E-state index contributed by atoms with van der Waals surface area (Å²) < 4.78 is 5.04. The molecule has 1 atom stereocenters. The SMILES string of the molecule is CC(C)[C@](CCO)(NC(=O)OC(C)(C)C)C(=O)O. The first-order valence-electron chi connectivity index (χ1n) is 5.90. The molecular formula is C12H23NO5. The fourth-order valence-electron chi connectivity index (χ4n) is 1.56. The van der Waals surface area contributed by atoms with Gasteiger partial charge in [-0.1, -0.05) is 13.8 Å². The molecule has 0 aliphatic carbocycles. The standard InChI is InChI=1S/C12H23NO5/c1-8(2)12(6-7-14,9(15)16)13-10(17)18-11(3,4)5/h8,14H,6-7H2,1-5H3,(H,13,17)(H,15,16)/t12-/m0/s1. The molecule has 0 aromatic rings. The van der Waals surface area contributed by atoms with Crippen molar-refractivity contribution in [2.45, 2.75) is 52.2 Å². The van der Waals surface area contributed by atoms with Crippen molar-refractivity contribution in [1.29, 1.82) is 0 Å². The first-order valence-corrected chi connectivity index (χ1v) is 5.90. The zero-order chi connectivity index (χ0) is 14.6. The van der Waals surface area contributed by atoms with Crippen molar-refractivity contribution in [2.75, 3.05) is 6.61 Å². The number of aliphatic hydroxyl groups is 1. The molecule has 0 fully saturated rings. The second-order valence-electron chi connectivity index (χ2n) is 5.53. The molecule has 0 radical (unpaired) electrons. The number of aliphatic hydroxyl groups excluding tert-OH is 1. The number of ether oxygens (including phenoxy) is 1. The van der Waals surface area contributed by atoms with E-state index in [1.54, 1.807) is 34.6 Å². The molecule has 0 aliphatic heterocycles. The zero-order valence-corrected chi connectivity index (χ0v) is 11.6. The van der Waals surface area contributed by atoms with E-state index in [0.29, 0.717) is 0 Å². The van der Waals surface area contributed by atoms with Gasteiger partial charge in [-0.15, -0.1) is 0 Å². The van der Waals surface area contributed by atoms with E-state index < -0.39 is 23.2 Å². The minimum atomic E-state index is -1.52. The van der Waals surface area contributed by atoms with E-state index in [4.69, 9.17) is 9.84 Å². The molecule has 0 aromatic heterocycles. The molecule has 0 rings (SSSR count). The molecule has 0 saturated carbocycles. The third-order valence-electron chi connectivity index (χ3n) is 2.60. The van der Waals surface area contributed by atoms with Crippen LogP contribution in [-0.4, -0.2) is 40.0 Å². The summed E-state index contributed by atoms with van der Waals surface area (Å²) in [6.07, 6.45) is -0.869. The summed E-state index contributed by atoms with van der Waals surface area (Å²) in [6, 6.07) is 0. The molecule has 106 valence electrons. The Kier molecular flexibility index (Phi) is 5.60. The zero-order valence-electron chi connectivity index (χ0n) is 11.6. The van der Waals surface area contributed by atoms with Crippen LogP contribution < -0.4 is 5.32 Å². The lowest BCUT2D eigenvalue weighted by atomic mass is 9.83. The minimum absolute atomic E-state index is 0.0702. The lowest BCUT2D eigenvalue weighted by Crippen LogP contribution is -2.59. The Hall–Kier alpha value is -1.30. The maximum atomic E-state index is 11.7. The Labute approximate surface area is 107 Å². The predicted octanol–water partition coefficient (Wildman–Crippen LogP) is 1.37. The van der Waals surface area contributed by atoms with Gasteiger partial charge in [-0.25, -0.2) is 9.59 Å². The molecule has 0 heterocycles. The second-order valence-corrected chi connectivity index (χ2v) is 5.53. The first-order chi connectivity index (χ1) is 8.05. The van der Waals surface area contributed by atoms with E-state index in [9.17, 15) is 14.7 Å². The van der Waals surface area contributed by atoms with Gasteiger partial charge in [0.05, 0.1) is 0 Å². The Morgan fingerprint density at radius 2 is 1.78 bits per heavy atom. The molecule has 3 N–H and O–H groups in total. The molecular weight excluding hydrogens is 238 g/mol. The Bertz CT molecular complexity index is 308. The number of carboxylic acids is 1. The number of carbonyl (C=O) groups excluding carboxylic acids is 1. The van der Waals surface area contributed by atoms with Crippen LogP contribution in [0.25, 0.3) is 0 Å². The van der Waals surface area contributed by atoms with Crippen LogP contribution in [0.1, 0.15) is 41.0 Å². The van der Waals surface area contributed by atoms with Crippen molar-refractivity contribution < 1.29 is 24.5 Å². The van der Waals surface area contributed by atoms with Crippen molar-refractivity contribution in [1.82, 2.24) is 5.32 Å². The number of carboxylic acid groups (broad SMARTS) is 1. The van der Waals surface area contributed by atoms with Crippen LogP contribution in [0.3, 0.4) is 0 Å². The highest BCUT2D eigenvalue weighted by Gasteiger charge is 2.43. The average molecular weight is 261 g/mol. The molecule has 0 aliphatic rings. The predicted molar refractivity (Wildman–Crippen MR) is 66.3 cm³/mol. The third kappa shape index (κ3) is 4.52. The fraction of sp³-hybridized carbons (Fsp3) is 0.833. The maximum Gasteiger partial charge on any atom is 0.408 e. The van der Waals surface area contributed by atoms with Crippen molar-refractivity contribution in [3.63, 3.8) is 0 Å². The van der Waals surface area contributed by atoms with Gasteiger partial charge in [-0.05, 0) is 26.7 Å². The summed E-state index contributed by atoms with van der Waals surface area (Å²) in [5, 5.41) is 20.6. The fourth-order valence-corrected chi connectivity index (χ4v) is 1.56. The minimum Gasteiger partial charge on any atom is -0.479 e. The van der Waals surface area contributed by atoms with Gasteiger partial charge in [-0.3, -0.25) is 0 Å². The summed E-state index contributed by atoms with van der Waals surface area (Å²) in [4.78, 5) is 23.1. The Morgan fingerprint density at radius 1 is 1.28 bits per heavy atom. The van der Waals surface area contributed by atoms with Gasteiger partial charge in [0, 0.05) is 13.0 Å². The normalized spacial score (nSPS) is 15.1. The highest BCUT2D eigenvalue weighted by molar-refractivity contribution is 5.84. The average Bonchev–Trinajstić information content (AvgIpc) is 2.12. The molecule has 0 unspecified atom stereocenters. The molecule has 0 spiro atoms. The molecule has 0 aromatic carbocycles. The van der Waals surface area contributed by atoms with Crippen molar-refractivity contribution in [3.05, 3.63) is 0 Å². The largest absolute Gasteiger partial charge is 0.479 e.